The second-order valence-electron chi connectivity index (χ2n) is 2.73. The first-order chi connectivity index (χ1) is 6.57. The van der Waals surface area contributed by atoms with Crippen molar-refractivity contribution in [2.45, 2.75) is 6.04 Å². The highest BCUT2D eigenvalue weighted by Gasteiger charge is 2.18. The Bertz CT molecular complexity index is 376. The number of rotatable bonds is 3. The van der Waals surface area contributed by atoms with E-state index in [1.54, 1.807) is 0 Å². The molecule has 0 saturated carbocycles. The fraction of sp³-hybridized carbons (Fsp3) is 0.111. The van der Waals surface area contributed by atoms with Crippen molar-refractivity contribution in [3.8, 4) is 5.75 Å². The van der Waals surface area contributed by atoms with Crippen LogP contribution in [0.15, 0.2) is 30.9 Å². The summed E-state index contributed by atoms with van der Waals surface area (Å²) in [6.07, 6.45) is 1.40. The van der Waals surface area contributed by atoms with Crippen LogP contribution in [0.2, 0.25) is 0 Å². The average molecular weight is 194 g/mol. The zero-order valence-electron chi connectivity index (χ0n) is 7.38. The molecule has 0 aliphatic heterocycles. The molecule has 0 aromatic heterocycles. The molecule has 0 fully saturated rings. The molecule has 14 heavy (non-hydrogen) atoms. The SMILES string of the molecule is C=C[C@@H](N)c1cccc([N+](=O)[O-])c1O. The number of hydrogen-bond acceptors (Lipinski definition) is 4. The van der Waals surface area contributed by atoms with Crippen LogP contribution in [0.25, 0.3) is 0 Å². The number of nitro groups is 1. The quantitative estimate of drug-likeness (QED) is 0.433. The maximum Gasteiger partial charge on any atom is 0.311 e. The maximum atomic E-state index is 10.5. The molecule has 0 aliphatic rings. The molecule has 0 heterocycles. The third-order valence-corrected chi connectivity index (χ3v) is 1.86. The third-order valence-electron chi connectivity index (χ3n) is 1.86. The van der Waals surface area contributed by atoms with Crippen molar-refractivity contribution in [1.82, 2.24) is 0 Å². The Morgan fingerprint density at radius 2 is 2.29 bits per heavy atom. The molecule has 0 bridgehead atoms. The minimum atomic E-state index is -0.658. The number of aromatic hydroxyl groups is 1. The van der Waals surface area contributed by atoms with E-state index in [0.29, 0.717) is 5.56 Å². The van der Waals surface area contributed by atoms with E-state index in [9.17, 15) is 15.2 Å². The van der Waals surface area contributed by atoms with Gasteiger partial charge in [0.05, 0.1) is 11.0 Å². The number of hydrogen-bond donors (Lipinski definition) is 2. The van der Waals surface area contributed by atoms with Gasteiger partial charge in [-0.1, -0.05) is 18.2 Å². The monoisotopic (exact) mass is 194 g/mol. The molecule has 0 saturated heterocycles. The standard InChI is InChI=1S/C9H10N2O3/c1-2-7(10)6-4-3-5-8(9(6)12)11(13)14/h2-5,7,12H,1,10H2/t7-/m1/s1. The van der Waals surface area contributed by atoms with Gasteiger partial charge in [-0.2, -0.15) is 0 Å². The Kier molecular flexibility index (Phi) is 2.83. The summed E-state index contributed by atoms with van der Waals surface area (Å²) in [5.74, 6) is -0.398. The molecule has 0 radical (unpaired) electrons. The van der Waals surface area contributed by atoms with Gasteiger partial charge in [0, 0.05) is 11.6 Å². The molecule has 0 unspecified atom stereocenters. The number of phenolic OH excluding ortho intramolecular Hbond substituents is 1. The number of nitrogens with zero attached hydrogens (tertiary/aromatic N) is 1. The molecule has 0 amide bonds. The van der Waals surface area contributed by atoms with E-state index in [1.165, 1.54) is 24.3 Å². The molecule has 1 atom stereocenters. The molecule has 1 aromatic carbocycles. The van der Waals surface area contributed by atoms with Crippen LogP contribution >= 0.6 is 0 Å². The smallest absolute Gasteiger partial charge is 0.311 e. The van der Waals surface area contributed by atoms with E-state index in [-0.39, 0.29) is 5.69 Å². The predicted octanol–water partition coefficient (Wildman–Crippen LogP) is 1.49. The molecule has 0 spiro atoms. The zero-order valence-corrected chi connectivity index (χ0v) is 7.38. The summed E-state index contributed by atoms with van der Waals surface area (Å²) in [7, 11) is 0. The lowest BCUT2D eigenvalue weighted by Crippen LogP contribution is -2.07. The van der Waals surface area contributed by atoms with Crippen molar-refractivity contribution in [1.29, 1.82) is 0 Å². The summed E-state index contributed by atoms with van der Waals surface area (Å²) in [4.78, 5) is 9.81. The van der Waals surface area contributed by atoms with E-state index in [1.807, 2.05) is 0 Å². The summed E-state index contributed by atoms with van der Waals surface area (Å²) in [5, 5.41) is 20.0. The van der Waals surface area contributed by atoms with Gasteiger partial charge in [0.2, 0.25) is 0 Å². The van der Waals surface area contributed by atoms with E-state index < -0.39 is 16.7 Å². The minimum Gasteiger partial charge on any atom is -0.502 e. The molecule has 74 valence electrons. The lowest BCUT2D eigenvalue weighted by molar-refractivity contribution is -0.385. The highest BCUT2D eigenvalue weighted by molar-refractivity contribution is 5.52. The van der Waals surface area contributed by atoms with Gasteiger partial charge in [-0.3, -0.25) is 10.1 Å². The summed E-state index contributed by atoms with van der Waals surface area (Å²) in [5.41, 5.74) is 5.52. The largest absolute Gasteiger partial charge is 0.502 e. The number of para-hydroxylation sites is 1. The number of benzene rings is 1. The predicted molar refractivity (Wildman–Crippen MR) is 51.9 cm³/mol. The topological polar surface area (TPSA) is 89.4 Å². The van der Waals surface area contributed by atoms with E-state index in [0.717, 1.165) is 0 Å². The lowest BCUT2D eigenvalue weighted by Gasteiger charge is -2.08. The number of phenols is 1. The number of nitrogens with two attached hydrogens (primary N) is 1. The van der Waals surface area contributed by atoms with Gasteiger partial charge in [-0.05, 0) is 0 Å². The van der Waals surface area contributed by atoms with Gasteiger partial charge in [-0.25, -0.2) is 0 Å². The molecule has 5 nitrogen and oxygen atoms in total. The molecule has 0 aliphatic carbocycles. The second kappa shape index (κ2) is 3.89. The Morgan fingerprint density at radius 1 is 1.64 bits per heavy atom. The van der Waals surface area contributed by atoms with Gasteiger partial charge in [0.25, 0.3) is 0 Å². The Hall–Kier alpha value is -1.88. The fourth-order valence-corrected chi connectivity index (χ4v) is 1.09. The first-order valence-corrected chi connectivity index (χ1v) is 3.92. The average Bonchev–Trinajstić information content (AvgIpc) is 2.16. The van der Waals surface area contributed by atoms with Crippen LogP contribution in [0.5, 0.6) is 5.75 Å². The van der Waals surface area contributed by atoms with Gasteiger partial charge in [0.15, 0.2) is 5.75 Å². The highest BCUT2D eigenvalue weighted by Crippen LogP contribution is 2.32. The summed E-state index contributed by atoms with van der Waals surface area (Å²) in [6.45, 7) is 3.45. The van der Waals surface area contributed by atoms with E-state index >= 15 is 0 Å². The Labute approximate surface area is 80.6 Å². The molecular formula is C9H10N2O3. The summed E-state index contributed by atoms with van der Waals surface area (Å²) >= 11 is 0. The van der Waals surface area contributed by atoms with E-state index in [4.69, 9.17) is 5.73 Å². The van der Waals surface area contributed by atoms with Gasteiger partial charge in [-0.15, -0.1) is 6.58 Å². The van der Waals surface area contributed by atoms with Crippen molar-refractivity contribution in [3.05, 3.63) is 46.5 Å². The normalized spacial score (nSPS) is 12.1. The zero-order chi connectivity index (χ0) is 10.7. The van der Waals surface area contributed by atoms with Crippen LogP contribution in [-0.2, 0) is 0 Å². The summed E-state index contributed by atoms with van der Waals surface area (Å²) < 4.78 is 0. The van der Waals surface area contributed by atoms with Crippen molar-refractivity contribution >= 4 is 5.69 Å². The minimum absolute atomic E-state index is 0.300. The van der Waals surface area contributed by atoms with Crippen molar-refractivity contribution in [3.63, 3.8) is 0 Å². The maximum absolute atomic E-state index is 10.5. The van der Waals surface area contributed by atoms with Crippen molar-refractivity contribution in [2.75, 3.05) is 0 Å². The van der Waals surface area contributed by atoms with Gasteiger partial charge < -0.3 is 10.8 Å². The van der Waals surface area contributed by atoms with Crippen LogP contribution in [0.1, 0.15) is 11.6 Å². The van der Waals surface area contributed by atoms with Gasteiger partial charge in [0.1, 0.15) is 0 Å². The molecule has 1 aromatic rings. The highest BCUT2D eigenvalue weighted by atomic mass is 16.6. The van der Waals surface area contributed by atoms with Crippen LogP contribution in [0.3, 0.4) is 0 Å². The fourth-order valence-electron chi connectivity index (χ4n) is 1.09. The molecule has 5 heteroatoms. The summed E-state index contributed by atoms with van der Waals surface area (Å²) in [6, 6.07) is 3.61. The first kappa shape index (κ1) is 10.2. The number of nitro benzene ring substituents is 1. The second-order valence-corrected chi connectivity index (χ2v) is 2.73. The Balaban J connectivity index is 3.26. The lowest BCUT2D eigenvalue weighted by atomic mass is 10.1. The van der Waals surface area contributed by atoms with E-state index in [2.05, 4.69) is 6.58 Å². The van der Waals surface area contributed by atoms with Gasteiger partial charge >= 0.3 is 5.69 Å². The Morgan fingerprint density at radius 3 is 2.79 bits per heavy atom. The van der Waals surface area contributed by atoms with Crippen molar-refractivity contribution < 1.29 is 10.0 Å². The van der Waals surface area contributed by atoms with Crippen LogP contribution < -0.4 is 5.73 Å². The van der Waals surface area contributed by atoms with Crippen LogP contribution in [0, 0.1) is 10.1 Å². The first-order valence-electron chi connectivity index (χ1n) is 3.92. The molecule has 1 rings (SSSR count). The molecule has 3 N–H and O–H groups in total. The van der Waals surface area contributed by atoms with Crippen molar-refractivity contribution in [2.24, 2.45) is 5.73 Å². The van der Waals surface area contributed by atoms with Crippen LogP contribution in [0.4, 0.5) is 5.69 Å². The van der Waals surface area contributed by atoms with Crippen LogP contribution in [-0.4, -0.2) is 10.0 Å². The third kappa shape index (κ3) is 1.72. The molecular weight excluding hydrogens is 184 g/mol.